The Morgan fingerprint density at radius 1 is 1.11 bits per heavy atom. The quantitative estimate of drug-likeness (QED) is 0.652. The lowest BCUT2D eigenvalue weighted by atomic mass is 10.2. The summed E-state index contributed by atoms with van der Waals surface area (Å²) in [6.07, 6.45) is 3.16. The second-order valence-corrected chi connectivity index (χ2v) is 6.18. The van der Waals surface area contributed by atoms with Gasteiger partial charge in [-0.1, -0.05) is 29.8 Å². The lowest BCUT2D eigenvalue weighted by Gasteiger charge is -2.06. The van der Waals surface area contributed by atoms with Crippen LogP contribution in [0, 0.1) is 0 Å². The zero-order valence-electron chi connectivity index (χ0n) is 14.7. The minimum absolute atomic E-state index is 0.288. The molecule has 1 amide bonds. The molecule has 1 aromatic heterocycles. The largest absolute Gasteiger partial charge is 0.462 e. The first-order chi connectivity index (χ1) is 13.1. The molecule has 1 N–H and O–H groups in total. The molecule has 1 heterocycles. The average molecular weight is 384 g/mol. The maximum absolute atomic E-state index is 12.4. The van der Waals surface area contributed by atoms with E-state index in [1.807, 2.05) is 24.3 Å². The van der Waals surface area contributed by atoms with Crippen molar-refractivity contribution in [3.8, 4) is 0 Å². The number of carbonyl (C=O) groups excluding carboxylic acids is 2. The van der Waals surface area contributed by atoms with E-state index in [-0.39, 0.29) is 5.91 Å². The van der Waals surface area contributed by atoms with Crippen LogP contribution in [0.4, 0.5) is 5.69 Å². The van der Waals surface area contributed by atoms with Gasteiger partial charge in [-0.05, 0) is 42.8 Å². The van der Waals surface area contributed by atoms with E-state index in [9.17, 15) is 9.59 Å². The fourth-order valence-corrected chi connectivity index (χ4v) is 2.67. The molecule has 138 valence electrons. The summed E-state index contributed by atoms with van der Waals surface area (Å²) >= 11 is 6.15. The third-order valence-electron chi connectivity index (χ3n) is 3.84. The number of benzene rings is 2. The lowest BCUT2D eigenvalue weighted by Crippen LogP contribution is -2.11. The summed E-state index contributed by atoms with van der Waals surface area (Å²) in [5.41, 5.74) is 2.36. The smallest absolute Gasteiger partial charge is 0.338 e. The molecule has 0 unspecified atom stereocenters. The molecule has 0 radical (unpaired) electrons. The standard InChI is InChI=1S/C20H18ClN3O3/c1-2-27-20(26)14-7-9-17(10-8-14)23-19(25)16-11-22-24(13-16)12-15-5-3-4-6-18(15)21/h3-11,13H,2,12H2,1H3,(H,23,25). The molecule has 3 rings (SSSR count). The number of aromatic nitrogens is 2. The molecule has 3 aromatic rings. The summed E-state index contributed by atoms with van der Waals surface area (Å²) in [6, 6.07) is 14.0. The van der Waals surface area contributed by atoms with Crippen molar-refractivity contribution in [3.63, 3.8) is 0 Å². The van der Waals surface area contributed by atoms with Crippen LogP contribution in [0.25, 0.3) is 0 Å². The third kappa shape index (κ3) is 4.74. The molecule has 0 aliphatic carbocycles. The monoisotopic (exact) mass is 383 g/mol. The van der Waals surface area contributed by atoms with Crippen molar-refractivity contribution < 1.29 is 14.3 Å². The highest BCUT2D eigenvalue weighted by Gasteiger charge is 2.11. The van der Waals surface area contributed by atoms with Crippen molar-refractivity contribution in [1.82, 2.24) is 9.78 Å². The van der Waals surface area contributed by atoms with Crippen LogP contribution in [0.15, 0.2) is 60.9 Å². The van der Waals surface area contributed by atoms with Crippen molar-refractivity contribution in [3.05, 3.63) is 82.6 Å². The highest BCUT2D eigenvalue weighted by atomic mass is 35.5. The molecular weight excluding hydrogens is 366 g/mol. The topological polar surface area (TPSA) is 73.2 Å². The van der Waals surface area contributed by atoms with E-state index in [1.165, 1.54) is 6.20 Å². The van der Waals surface area contributed by atoms with Crippen molar-refractivity contribution in [1.29, 1.82) is 0 Å². The summed E-state index contributed by atoms with van der Waals surface area (Å²) in [4.78, 5) is 24.0. The van der Waals surface area contributed by atoms with Gasteiger partial charge >= 0.3 is 5.97 Å². The molecule has 6 nitrogen and oxygen atoms in total. The van der Waals surface area contributed by atoms with Crippen molar-refractivity contribution in [2.75, 3.05) is 11.9 Å². The average Bonchev–Trinajstić information content (AvgIpc) is 3.13. The summed E-state index contributed by atoms with van der Waals surface area (Å²) in [5, 5.41) is 7.64. The molecule has 0 aliphatic heterocycles. The Morgan fingerprint density at radius 3 is 2.56 bits per heavy atom. The first-order valence-electron chi connectivity index (χ1n) is 8.41. The number of nitrogens with zero attached hydrogens (tertiary/aromatic N) is 2. The Morgan fingerprint density at radius 2 is 1.85 bits per heavy atom. The maximum Gasteiger partial charge on any atom is 0.338 e. The van der Waals surface area contributed by atoms with Crippen LogP contribution < -0.4 is 5.32 Å². The van der Waals surface area contributed by atoms with E-state index >= 15 is 0 Å². The fraction of sp³-hybridized carbons (Fsp3) is 0.150. The molecule has 0 atom stereocenters. The van der Waals surface area contributed by atoms with Gasteiger partial charge in [0.15, 0.2) is 0 Å². The van der Waals surface area contributed by atoms with Crippen molar-refractivity contribution >= 4 is 29.2 Å². The van der Waals surface area contributed by atoms with Crippen LogP contribution in [0.2, 0.25) is 5.02 Å². The summed E-state index contributed by atoms with van der Waals surface area (Å²) in [7, 11) is 0. The van der Waals surface area contributed by atoms with E-state index in [4.69, 9.17) is 16.3 Å². The predicted octanol–water partition coefficient (Wildman–Crippen LogP) is 4.01. The molecule has 0 saturated heterocycles. The minimum Gasteiger partial charge on any atom is -0.462 e. The normalized spacial score (nSPS) is 10.4. The van der Waals surface area contributed by atoms with Crippen LogP contribution in [-0.2, 0) is 11.3 Å². The Balaban J connectivity index is 1.64. The lowest BCUT2D eigenvalue weighted by molar-refractivity contribution is 0.0526. The number of halogens is 1. The molecule has 27 heavy (non-hydrogen) atoms. The van der Waals surface area contributed by atoms with Gasteiger partial charge in [0.05, 0.1) is 30.5 Å². The van der Waals surface area contributed by atoms with Gasteiger partial charge in [-0.15, -0.1) is 0 Å². The zero-order chi connectivity index (χ0) is 19.2. The number of rotatable bonds is 6. The van der Waals surface area contributed by atoms with Gasteiger partial charge < -0.3 is 10.1 Å². The van der Waals surface area contributed by atoms with Gasteiger partial charge in [0.25, 0.3) is 5.91 Å². The highest BCUT2D eigenvalue weighted by Crippen LogP contribution is 2.17. The van der Waals surface area contributed by atoms with E-state index in [1.54, 1.807) is 42.1 Å². The second-order valence-electron chi connectivity index (χ2n) is 5.77. The zero-order valence-corrected chi connectivity index (χ0v) is 15.4. The first-order valence-corrected chi connectivity index (χ1v) is 8.79. The summed E-state index contributed by atoms with van der Waals surface area (Å²) < 4.78 is 6.58. The number of esters is 1. The van der Waals surface area contributed by atoms with Gasteiger partial charge in [0, 0.05) is 16.9 Å². The molecular formula is C20H18ClN3O3. The Labute approximate surface area is 161 Å². The molecule has 0 saturated carbocycles. The van der Waals surface area contributed by atoms with E-state index in [0.717, 1.165) is 5.56 Å². The number of ether oxygens (including phenoxy) is 1. The van der Waals surface area contributed by atoms with Gasteiger partial charge in [-0.25, -0.2) is 4.79 Å². The predicted molar refractivity (Wildman–Crippen MR) is 103 cm³/mol. The molecule has 0 bridgehead atoms. The van der Waals surface area contributed by atoms with Gasteiger partial charge in [0.2, 0.25) is 0 Å². The summed E-state index contributed by atoms with van der Waals surface area (Å²) in [5.74, 6) is -0.680. The Bertz CT molecular complexity index is 951. The van der Waals surface area contributed by atoms with Crippen LogP contribution in [-0.4, -0.2) is 28.3 Å². The number of carbonyl (C=O) groups is 2. The van der Waals surface area contributed by atoms with Gasteiger partial charge in [0.1, 0.15) is 0 Å². The van der Waals surface area contributed by atoms with E-state index < -0.39 is 5.97 Å². The molecule has 0 fully saturated rings. The SMILES string of the molecule is CCOC(=O)c1ccc(NC(=O)c2cnn(Cc3ccccc3Cl)c2)cc1. The number of hydrogen-bond acceptors (Lipinski definition) is 4. The molecule has 2 aromatic carbocycles. The number of hydrogen-bond donors (Lipinski definition) is 1. The first kappa shape index (κ1) is 18.7. The molecule has 0 spiro atoms. The van der Waals surface area contributed by atoms with Gasteiger partial charge in [-0.2, -0.15) is 5.10 Å². The van der Waals surface area contributed by atoms with Crippen molar-refractivity contribution in [2.24, 2.45) is 0 Å². The third-order valence-corrected chi connectivity index (χ3v) is 4.21. The van der Waals surface area contributed by atoms with Crippen LogP contribution in [0.3, 0.4) is 0 Å². The minimum atomic E-state index is -0.392. The van der Waals surface area contributed by atoms with Gasteiger partial charge in [-0.3, -0.25) is 9.48 Å². The van der Waals surface area contributed by atoms with Crippen molar-refractivity contribution in [2.45, 2.75) is 13.5 Å². The second kappa shape index (κ2) is 8.51. The highest BCUT2D eigenvalue weighted by molar-refractivity contribution is 6.31. The van der Waals surface area contributed by atoms with Crippen LogP contribution in [0.5, 0.6) is 0 Å². The Kier molecular flexibility index (Phi) is 5.88. The number of amides is 1. The molecule has 0 aliphatic rings. The maximum atomic E-state index is 12.4. The number of nitrogens with one attached hydrogen (secondary N) is 1. The summed E-state index contributed by atoms with van der Waals surface area (Å²) in [6.45, 7) is 2.54. The Hall–Kier alpha value is -3.12. The van der Waals surface area contributed by atoms with Crippen LogP contribution >= 0.6 is 11.6 Å². The molecule has 7 heteroatoms. The fourth-order valence-electron chi connectivity index (χ4n) is 2.48. The van der Waals surface area contributed by atoms with E-state index in [0.29, 0.717) is 35.0 Å². The number of anilines is 1. The van der Waals surface area contributed by atoms with Crippen LogP contribution in [0.1, 0.15) is 33.2 Å². The van der Waals surface area contributed by atoms with E-state index in [2.05, 4.69) is 10.4 Å².